The molecule has 0 bridgehead atoms. The predicted octanol–water partition coefficient (Wildman–Crippen LogP) is 2.52. The van der Waals surface area contributed by atoms with Crippen LogP contribution in [0.2, 0.25) is 0 Å². The summed E-state index contributed by atoms with van der Waals surface area (Å²) in [6.45, 7) is 0.0472. The van der Waals surface area contributed by atoms with Gasteiger partial charge in [0.15, 0.2) is 11.6 Å². The summed E-state index contributed by atoms with van der Waals surface area (Å²) in [5.74, 6) is -0.929. The summed E-state index contributed by atoms with van der Waals surface area (Å²) in [5, 5.41) is 0. The maximum atomic E-state index is 13.3. The van der Waals surface area contributed by atoms with E-state index in [1.54, 1.807) is 0 Å². The van der Waals surface area contributed by atoms with Gasteiger partial charge in [0.1, 0.15) is 12.4 Å². The molecule has 17 heavy (non-hydrogen) atoms. The second kappa shape index (κ2) is 4.78. The third-order valence-electron chi connectivity index (χ3n) is 2.11. The fourth-order valence-electron chi connectivity index (χ4n) is 1.33. The molecule has 2 N–H and O–H groups in total. The van der Waals surface area contributed by atoms with Crippen molar-refractivity contribution < 1.29 is 13.5 Å². The zero-order valence-electron chi connectivity index (χ0n) is 8.86. The van der Waals surface area contributed by atoms with Crippen molar-refractivity contribution in [3.8, 4) is 5.75 Å². The predicted molar refractivity (Wildman–Crippen MR) is 59.3 cm³/mol. The lowest BCUT2D eigenvalue weighted by Crippen LogP contribution is -1.99. The van der Waals surface area contributed by atoms with E-state index < -0.39 is 11.6 Å². The monoisotopic (exact) mass is 236 g/mol. The van der Waals surface area contributed by atoms with E-state index >= 15 is 0 Å². The highest BCUT2D eigenvalue weighted by Gasteiger charge is 2.04. The highest BCUT2D eigenvalue weighted by molar-refractivity contribution is 5.42. The van der Waals surface area contributed by atoms with Crippen LogP contribution in [0.25, 0.3) is 0 Å². The molecular weight excluding hydrogens is 226 g/mol. The third-order valence-corrected chi connectivity index (χ3v) is 2.11. The Kier molecular flexibility index (Phi) is 3.18. The first-order valence-corrected chi connectivity index (χ1v) is 4.92. The van der Waals surface area contributed by atoms with Crippen LogP contribution in [0.4, 0.5) is 14.5 Å². The lowest BCUT2D eigenvalue weighted by molar-refractivity contribution is 0.289. The van der Waals surface area contributed by atoms with E-state index in [0.717, 1.165) is 6.20 Å². The van der Waals surface area contributed by atoms with Crippen molar-refractivity contribution in [3.05, 3.63) is 53.9 Å². The Labute approximate surface area is 96.9 Å². The molecule has 0 saturated carbocycles. The van der Waals surface area contributed by atoms with Crippen LogP contribution in [-0.2, 0) is 6.61 Å². The number of benzene rings is 1. The van der Waals surface area contributed by atoms with Gasteiger partial charge in [-0.15, -0.1) is 0 Å². The maximum Gasteiger partial charge on any atom is 0.167 e. The number of hydrogen-bond acceptors (Lipinski definition) is 3. The van der Waals surface area contributed by atoms with Gasteiger partial charge in [-0.2, -0.15) is 0 Å². The molecule has 0 amide bonds. The molecule has 0 aliphatic heterocycles. The molecule has 0 radical (unpaired) electrons. The summed E-state index contributed by atoms with van der Waals surface area (Å²) in [7, 11) is 0. The number of aromatic nitrogens is 1. The fourth-order valence-corrected chi connectivity index (χ4v) is 1.33. The van der Waals surface area contributed by atoms with Gasteiger partial charge in [-0.1, -0.05) is 0 Å². The number of nitrogen functional groups attached to an aromatic ring is 1. The molecule has 0 saturated heterocycles. The van der Waals surface area contributed by atoms with Crippen LogP contribution in [0.15, 0.2) is 36.7 Å². The van der Waals surface area contributed by atoms with Crippen LogP contribution in [0.1, 0.15) is 5.56 Å². The van der Waals surface area contributed by atoms with Gasteiger partial charge in [-0.05, 0) is 18.2 Å². The molecule has 2 aromatic rings. The molecule has 0 spiro atoms. The highest BCUT2D eigenvalue weighted by Crippen LogP contribution is 2.20. The van der Waals surface area contributed by atoms with E-state index in [2.05, 4.69) is 4.98 Å². The molecule has 0 fully saturated rings. The van der Waals surface area contributed by atoms with Gasteiger partial charge in [0.05, 0.1) is 6.20 Å². The van der Waals surface area contributed by atoms with Crippen molar-refractivity contribution in [2.24, 2.45) is 0 Å². The lowest BCUT2D eigenvalue weighted by atomic mass is 10.3. The van der Waals surface area contributed by atoms with Crippen LogP contribution < -0.4 is 10.5 Å². The van der Waals surface area contributed by atoms with Crippen molar-refractivity contribution in [3.63, 3.8) is 0 Å². The first kappa shape index (κ1) is 11.3. The Bertz CT molecular complexity index is 532. The Morgan fingerprint density at radius 2 is 2.00 bits per heavy atom. The number of pyridine rings is 1. The molecular formula is C12H10F2N2O. The first-order valence-electron chi connectivity index (χ1n) is 4.92. The topological polar surface area (TPSA) is 48.1 Å². The number of anilines is 1. The molecule has 1 aromatic heterocycles. The molecule has 1 heterocycles. The van der Waals surface area contributed by atoms with E-state index in [4.69, 9.17) is 10.5 Å². The van der Waals surface area contributed by atoms with Gasteiger partial charge >= 0.3 is 0 Å². The number of ether oxygens (including phenoxy) is 1. The Morgan fingerprint density at radius 3 is 2.71 bits per heavy atom. The largest absolute Gasteiger partial charge is 0.486 e. The Balaban J connectivity index is 2.07. The van der Waals surface area contributed by atoms with Crippen LogP contribution in [0.3, 0.4) is 0 Å². The van der Waals surface area contributed by atoms with Crippen molar-refractivity contribution in [1.29, 1.82) is 0 Å². The molecule has 3 nitrogen and oxygen atoms in total. The number of rotatable bonds is 3. The van der Waals surface area contributed by atoms with Crippen molar-refractivity contribution in [1.82, 2.24) is 4.98 Å². The van der Waals surface area contributed by atoms with Crippen molar-refractivity contribution >= 4 is 5.69 Å². The third kappa shape index (κ3) is 2.90. The average molecular weight is 236 g/mol. The molecule has 0 atom stereocenters. The van der Waals surface area contributed by atoms with E-state index in [1.807, 2.05) is 0 Å². The minimum absolute atomic E-state index is 0.0472. The van der Waals surface area contributed by atoms with E-state index in [0.29, 0.717) is 11.3 Å². The number of halogens is 2. The summed E-state index contributed by atoms with van der Waals surface area (Å²) >= 11 is 0. The molecule has 88 valence electrons. The normalized spacial score (nSPS) is 10.2. The van der Waals surface area contributed by atoms with Crippen LogP contribution in [-0.4, -0.2) is 4.98 Å². The summed E-state index contributed by atoms with van der Waals surface area (Å²) < 4.78 is 31.3. The Morgan fingerprint density at radius 1 is 1.18 bits per heavy atom. The second-order valence-electron chi connectivity index (χ2n) is 3.49. The zero-order chi connectivity index (χ0) is 12.3. The van der Waals surface area contributed by atoms with Crippen LogP contribution >= 0.6 is 0 Å². The molecule has 0 aliphatic carbocycles. The van der Waals surface area contributed by atoms with Crippen molar-refractivity contribution in [2.75, 3.05) is 5.73 Å². The molecule has 0 unspecified atom stereocenters. The van der Waals surface area contributed by atoms with E-state index in [-0.39, 0.29) is 12.4 Å². The summed E-state index contributed by atoms with van der Waals surface area (Å²) in [4.78, 5) is 3.66. The van der Waals surface area contributed by atoms with Gasteiger partial charge in [-0.3, -0.25) is 4.98 Å². The summed E-state index contributed by atoms with van der Waals surface area (Å²) in [6, 6.07) is 5.40. The lowest BCUT2D eigenvalue weighted by Gasteiger charge is -2.07. The average Bonchev–Trinajstić information content (AvgIpc) is 2.28. The molecule has 2 rings (SSSR count). The molecule has 5 heteroatoms. The quantitative estimate of drug-likeness (QED) is 0.833. The SMILES string of the molecule is Nc1ccc(OCc2cncc(F)c2)c(F)c1. The first-order chi connectivity index (χ1) is 8.15. The summed E-state index contributed by atoms with van der Waals surface area (Å²) in [5.41, 5.74) is 6.25. The van der Waals surface area contributed by atoms with E-state index in [9.17, 15) is 8.78 Å². The maximum absolute atomic E-state index is 13.3. The highest BCUT2D eigenvalue weighted by atomic mass is 19.1. The zero-order valence-corrected chi connectivity index (χ0v) is 8.86. The second-order valence-corrected chi connectivity index (χ2v) is 3.49. The minimum Gasteiger partial charge on any atom is -0.486 e. The Hall–Kier alpha value is -2.17. The van der Waals surface area contributed by atoms with Crippen molar-refractivity contribution in [2.45, 2.75) is 6.61 Å². The standard InChI is InChI=1S/C12H10F2N2O/c13-9-3-8(5-16-6-9)7-17-12-2-1-10(15)4-11(12)14/h1-6H,7,15H2. The summed E-state index contributed by atoms with van der Waals surface area (Å²) in [6.07, 6.45) is 2.55. The smallest absolute Gasteiger partial charge is 0.167 e. The number of hydrogen-bond donors (Lipinski definition) is 1. The fraction of sp³-hybridized carbons (Fsp3) is 0.0833. The minimum atomic E-state index is -0.547. The molecule has 0 aliphatic rings. The van der Waals surface area contributed by atoms with Crippen LogP contribution in [0, 0.1) is 11.6 Å². The van der Waals surface area contributed by atoms with Gasteiger partial charge in [0, 0.05) is 23.5 Å². The van der Waals surface area contributed by atoms with Gasteiger partial charge in [-0.25, -0.2) is 8.78 Å². The van der Waals surface area contributed by atoms with E-state index in [1.165, 1.54) is 30.5 Å². The van der Waals surface area contributed by atoms with Crippen LogP contribution in [0.5, 0.6) is 5.75 Å². The van der Waals surface area contributed by atoms with Gasteiger partial charge in [0.2, 0.25) is 0 Å². The number of nitrogens with two attached hydrogens (primary N) is 1. The number of nitrogens with zero attached hydrogens (tertiary/aromatic N) is 1. The van der Waals surface area contributed by atoms with Gasteiger partial charge < -0.3 is 10.5 Å². The molecule has 1 aromatic carbocycles. The van der Waals surface area contributed by atoms with Gasteiger partial charge in [0.25, 0.3) is 0 Å².